The molecule has 2 aromatic carbocycles. The highest BCUT2D eigenvalue weighted by molar-refractivity contribution is 9.10. The zero-order valence-electron chi connectivity index (χ0n) is 16.3. The largest absolute Gasteiger partial charge is 0.348 e. The van der Waals surface area contributed by atoms with Crippen LogP contribution < -0.4 is 5.32 Å². The summed E-state index contributed by atoms with van der Waals surface area (Å²) < 4.78 is 2.79. The van der Waals surface area contributed by atoms with Gasteiger partial charge in [0.05, 0.1) is 22.5 Å². The topological polar surface area (TPSA) is 59.8 Å². The highest BCUT2D eigenvalue weighted by atomic mass is 79.9. The lowest BCUT2D eigenvalue weighted by atomic mass is 10.0. The van der Waals surface area contributed by atoms with Crippen molar-refractivity contribution in [1.82, 2.24) is 20.1 Å². The molecule has 6 heteroatoms. The van der Waals surface area contributed by atoms with Crippen molar-refractivity contribution in [2.75, 3.05) is 0 Å². The number of rotatable bonds is 5. The van der Waals surface area contributed by atoms with E-state index in [1.807, 2.05) is 79.3 Å². The maximum Gasteiger partial charge on any atom is 0.252 e. The van der Waals surface area contributed by atoms with Gasteiger partial charge in [-0.2, -0.15) is 5.10 Å². The van der Waals surface area contributed by atoms with Gasteiger partial charge in [-0.15, -0.1) is 0 Å². The normalized spacial score (nSPS) is 11.0. The van der Waals surface area contributed by atoms with E-state index < -0.39 is 0 Å². The zero-order valence-corrected chi connectivity index (χ0v) is 17.9. The minimum atomic E-state index is -0.128. The smallest absolute Gasteiger partial charge is 0.252 e. The van der Waals surface area contributed by atoms with Crippen LogP contribution in [0.3, 0.4) is 0 Å². The van der Waals surface area contributed by atoms with Crippen LogP contribution in [0.5, 0.6) is 0 Å². The van der Waals surface area contributed by atoms with E-state index in [1.54, 1.807) is 0 Å². The van der Waals surface area contributed by atoms with Crippen molar-refractivity contribution in [2.45, 2.75) is 26.9 Å². The molecule has 4 rings (SSSR count). The highest BCUT2D eigenvalue weighted by Crippen LogP contribution is 2.27. The number of hydrogen-bond acceptors (Lipinski definition) is 3. The van der Waals surface area contributed by atoms with E-state index in [9.17, 15) is 4.79 Å². The number of aryl methyl sites for hydroxylation is 2. The van der Waals surface area contributed by atoms with Gasteiger partial charge in [-0.3, -0.25) is 9.48 Å². The maximum atomic E-state index is 13.1. The number of nitrogens with one attached hydrogen (secondary N) is 1. The number of aromatic nitrogens is 3. The van der Waals surface area contributed by atoms with Gasteiger partial charge in [0, 0.05) is 40.3 Å². The Bertz CT molecular complexity index is 1180. The first kappa shape index (κ1) is 19.3. The Morgan fingerprint density at radius 2 is 1.93 bits per heavy atom. The molecule has 0 aliphatic carbocycles. The summed E-state index contributed by atoms with van der Waals surface area (Å²) in [7, 11) is 0. The fourth-order valence-electron chi connectivity index (χ4n) is 3.31. The van der Waals surface area contributed by atoms with Gasteiger partial charge in [0.2, 0.25) is 0 Å². The summed E-state index contributed by atoms with van der Waals surface area (Å²) in [4.78, 5) is 17.9. The monoisotopic (exact) mass is 448 g/mol. The molecule has 2 aromatic heterocycles. The van der Waals surface area contributed by atoms with Gasteiger partial charge in [0.15, 0.2) is 0 Å². The number of carbonyl (C=O) groups is 1. The molecule has 0 radical (unpaired) electrons. The Kier molecular flexibility index (Phi) is 5.45. The third-order valence-electron chi connectivity index (χ3n) is 4.90. The molecule has 0 bridgehead atoms. The quantitative estimate of drug-likeness (QED) is 0.460. The van der Waals surface area contributed by atoms with Gasteiger partial charge < -0.3 is 5.32 Å². The van der Waals surface area contributed by atoms with E-state index in [0.29, 0.717) is 12.1 Å². The fraction of sp³-hybridized carbons (Fsp3) is 0.174. The molecule has 5 nitrogen and oxygen atoms in total. The highest BCUT2D eigenvalue weighted by Gasteiger charge is 2.15. The lowest BCUT2D eigenvalue weighted by molar-refractivity contribution is 0.0952. The van der Waals surface area contributed by atoms with E-state index >= 15 is 0 Å². The number of nitrogens with zero attached hydrogens (tertiary/aromatic N) is 3. The molecule has 146 valence electrons. The maximum absolute atomic E-state index is 13.1. The minimum Gasteiger partial charge on any atom is -0.348 e. The lowest BCUT2D eigenvalue weighted by Crippen LogP contribution is -2.23. The molecule has 0 aliphatic heterocycles. The van der Waals surface area contributed by atoms with Crippen LogP contribution in [0, 0.1) is 6.92 Å². The first-order valence-electron chi connectivity index (χ1n) is 9.52. The van der Waals surface area contributed by atoms with Crippen molar-refractivity contribution in [3.8, 4) is 11.3 Å². The van der Waals surface area contributed by atoms with Crippen molar-refractivity contribution < 1.29 is 4.79 Å². The third-order valence-corrected chi connectivity index (χ3v) is 5.39. The minimum absolute atomic E-state index is 0.128. The van der Waals surface area contributed by atoms with Gasteiger partial charge in [-0.05, 0) is 38.1 Å². The lowest BCUT2D eigenvalue weighted by Gasteiger charge is -2.11. The van der Waals surface area contributed by atoms with Crippen LogP contribution >= 0.6 is 15.9 Å². The molecule has 0 saturated carbocycles. The van der Waals surface area contributed by atoms with Gasteiger partial charge in [-0.25, -0.2) is 4.98 Å². The second-order valence-electron chi connectivity index (χ2n) is 6.86. The van der Waals surface area contributed by atoms with Crippen molar-refractivity contribution >= 4 is 32.7 Å². The summed E-state index contributed by atoms with van der Waals surface area (Å²) >= 11 is 3.50. The summed E-state index contributed by atoms with van der Waals surface area (Å²) in [6, 6.07) is 17.6. The summed E-state index contributed by atoms with van der Waals surface area (Å²) in [6.07, 6.45) is 1.98. The van der Waals surface area contributed by atoms with Crippen LogP contribution in [0.4, 0.5) is 0 Å². The average Bonchev–Trinajstić information content (AvgIpc) is 3.11. The Morgan fingerprint density at radius 3 is 2.66 bits per heavy atom. The number of pyridine rings is 1. The SMILES string of the molecule is CCn1cc(CNC(=O)c2cc(-c3ccccc3)nc3ccc(Br)cc23)c(C)n1. The molecule has 0 spiro atoms. The van der Waals surface area contributed by atoms with Crippen molar-refractivity contribution in [1.29, 1.82) is 0 Å². The summed E-state index contributed by atoms with van der Waals surface area (Å²) in [5.41, 5.74) is 5.10. The van der Waals surface area contributed by atoms with E-state index in [1.165, 1.54) is 0 Å². The average molecular weight is 449 g/mol. The van der Waals surface area contributed by atoms with E-state index in [0.717, 1.165) is 44.4 Å². The molecule has 1 amide bonds. The van der Waals surface area contributed by atoms with Crippen LogP contribution in [0.2, 0.25) is 0 Å². The first-order chi connectivity index (χ1) is 14.0. The van der Waals surface area contributed by atoms with Crippen molar-refractivity contribution in [3.05, 3.63) is 82.1 Å². The van der Waals surface area contributed by atoms with Crippen LogP contribution in [0.1, 0.15) is 28.5 Å². The standard InChI is InChI=1S/C23H21BrN4O/c1-3-28-14-17(15(2)27-28)13-25-23(29)20-12-22(16-7-5-4-6-8-16)26-21-10-9-18(24)11-19(20)21/h4-12,14H,3,13H2,1-2H3,(H,25,29). The fourth-order valence-corrected chi connectivity index (χ4v) is 3.67. The van der Waals surface area contributed by atoms with Gasteiger partial charge in [0.1, 0.15) is 0 Å². The predicted molar refractivity (Wildman–Crippen MR) is 119 cm³/mol. The third kappa shape index (κ3) is 4.07. The predicted octanol–water partition coefficient (Wildman–Crippen LogP) is 5.12. The number of halogens is 1. The van der Waals surface area contributed by atoms with Crippen LogP contribution in [0.25, 0.3) is 22.2 Å². The number of carbonyl (C=O) groups excluding carboxylic acids is 1. The Labute approximate surface area is 177 Å². The molecule has 29 heavy (non-hydrogen) atoms. The van der Waals surface area contributed by atoms with E-state index in [-0.39, 0.29) is 5.91 Å². The summed E-state index contributed by atoms with van der Waals surface area (Å²) in [5.74, 6) is -0.128. The first-order valence-corrected chi connectivity index (χ1v) is 10.3. The van der Waals surface area contributed by atoms with Crippen LogP contribution in [-0.4, -0.2) is 20.7 Å². The number of benzene rings is 2. The summed E-state index contributed by atoms with van der Waals surface area (Å²) in [6.45, 7) is 5.24. The van der Waals surface area contributed by atoms with Gasteiger partial charge in [-0.1, -0.05) is 46.3 Å². The van der Waals surface area contributed by atoms with Crippen LogP contribution in [-0.2, 0) is 13.1 Å². The Morgan fingerprint density at radius 1 is 1.14 bits per heavy atom. The Hall–Kier alpha value is -2.99. The molecule has 2 heterocycles. The number of hydrogen-bond donors (Lipinski definition) is 1. The molecule has 0 atom stereocenters. The van der Waals surface area contributed by atoms with E-state index in [4.69, 9.17) is 4.98 Å². The number of fused-ring (bicyclic) bond motifs is 1. The second-order valence-corrected chi connectivity index (χ2v) is 7.78. The molecular formula is C23H21BrN4O. The molecule has 0 saturated heterocycles. The molecular weight excluding hydrogens is 428 g/mol. The molecule has 1 N–H and O–H groups in total. The van der Waals surface area contributed by atoms with Crippen molar-refractivity contribution in [3.63, 3.8) is 0 Å². The van der Waals surface area contributed by atoms with Gasteiger partial charge in [0.25, 0.3) is 5.91 Å². The summed E-state index contributed by atoms with van der Waals surface area (Å²) in [5, 5.41) is 8.31. The molecule has 4 aromatic rings. The Balaban J connectivity index is 1.71. The zero-order chi connectivity index (χ0) is 20.4. The number of amides is 1. The van der Waals surface area contributed by atoms with Gasteiger partial charge >= 0.3 is 0 Å². The second kappa shape index (κ2) is 8.17. The molecule has 0 unspecified atom stereocenters. The molecule has 0 aliphatic rings. The van der Waals surface area contributed by atoms with Crippen LogP contribution in [0.15, 0.2) is 65.3 Å². The van der Waals surface area contributed by atoms with E-state index in [2.05, 4.69) is 26.3 Å². The van der Waals surface area contributed by atoms with Crippen molar-refractivity contribution in [2.24, 2.45) is 0 Å². The molecule has 0 fully saturated rings.